The lowest BCUT2D eigenvalue weighted by Crippen LogP contribution is -2.46. The van der Waals surface area contributed by atoms with E-state index in [0.717, 1.165) is 12.1 Å². The van der Waals surface area contributed by atoms with E-state index in [-0.39, 0.29) is 17.2 Å². The molecular weight excluding hydrogens is 346 g/mol. The number of benzene rings is 1. The van der Waals surface area contributed by atoms with Gasteiger partial charge in [0.2, 0.25) is 11.1 Å². The van der Waals surface area contributed by atoms with Crippen LogP contribution in [0.3, 0.4) is 0 Å². The molecule has 3 rings (SSSR count). The van der Waals surface area contributed by atoms with Crippen molar-refractivity contribution >= 4 is 17.7 Å². The Bertz CT molecular complexity index is 745. The molecule has 1 aromatic carbocycles. The van der Waals surface area contributed by atoms with Crippen molar-refractivity contribution in [2.45, 2.75) is 63.4 Å². The molecule has 7 heteroatoms. The van der Waals surface area contributed by atoms with Crippen LogP contribution in [-0.2, 0) is 4.79 Å². The minimum absolute atomic E-state index is 0.0550. The zero-order chi connectivity index (χ0) is 18.7. The summed E-state index contributed by atoms with van der Waals surface area (Å²) in [5, 5.41) is 15.6. The minimum Gasteiger partial charge on any atom is -0.352 e. The maximum atomic E-state index is 12.7. The predicted octanol–water partition coefficient (Wildman–Crippen LogP) is 3.39. The molecule has 1 aliphatic carbocycles. The van der Waals surface area contributed by atoms with Gasteiger partial charge in [-0.2, -0.15) is 4.68 Å². The molecule has 4 atom stereocenters. The zero-order valence-electron chi connectivity index (χ0n) is 15.8. The highest BCUT2D eigenvalue weighted by atomic mass is 32.2. The molecule has 1 N–H and O–H groups in total. The summed E-state index contributed by atoms with van der Waals surface area (Å²) in [4.78, 5) is 12.7. The maximum absolute atomic E-state index is 12.7. The van der Waals surface area contributed by atoms with Gasteiger partial charge in [-0.3, -0.25) is 4.79 Å². The lowest BCUT2D eigenvalue weighted by molar-refractivity contribution is -0.121. The summed E-state index contributed by atoms with van der Waals surface area (Å²) < 4.78 is 1.68. The highest BCUT2D eigenvalue weighted by Gasteiger charge is 2.30. The van der Waals surface area contributed by atoms with Gasteiger partial charge in [0.25, 0.3) is 0 Å². The summed E-state index contributed by atoms with van der Waals surface area (Å²) in [6.45, 7) is 8.46. The van der Waals surface area contributed by atoms with Gasteiger partial charge in [0.05, 0.1) is 10.9 Å². The van der Waals surface area contributed by atoms with Gasteiger partial charge in [0.1, 0.15) is 0 Å². The Morgan fingerprint density at radius 1 is 1.27 bits per heavy atom. The number of hydrogen-bond acceptors (Lipinski definition) is 5. The van der Waals surface area contributed by atoms with Crippen molar-refractivity contribution in [3.05, 3.63) is 29.8 Å². The topological polar surface area (TPSA) is 72.7 Å². The first-order valence-corrected chi connectivity index (χ1v) is 10.2. The van der Waals surface area contributed by atoms with Crippen molar-refractivity contribution in [2.75, 3.05) is 0 Å². The standard InChI is InChI=1S/C19H27N5OS/c1-12-8-10-16(11-9-12)24-19(21-22-23-24)26-15(4)18(25)20-17-7-5-6-13(2)14(17)3/h8-11,13-15,17H,5-7H2,1-4H3,(H,20,25)/t13-,14-,15-,17+/m0/s1. The van der Waals surface area contributed by atoms with Crippen molar-refractivity contribution in [2.24, 2.45) is 11.8 Å². The fourth-order valence-corrected chi connectivity index (χ4v) is 4.21. The Morgan fingerprint density at radius 3 is 2.73 bits per heavy atom. The van der Waals surface area contributed by atoms with Gasteiger partial charge in [-0.1, -0.05) is 56.1 Å². The second-order valence-corrected chi connectivity index (χ2v) is 8.66. The van der Waals surface area contributed by atoms with E-state index in [9.17, 15) is 4.79 Å². The van der Waals surface area contributed by atoms with Crippen molar-refractivity contribution in [3.8, 4) is 5.69 Å². The SMILES string of the molecule is Cc1ccc(-n2nnnc2S[C@@H](C)C(=O)N[C@@H]2CCC[C@H](C)[C@@H]2C)cc1. The van der Waals surface area contributed by atoms with E-state index >= 15 is 0 Å². The van der Waals surface area contributed by atoms with Crippen molar-refractivity contribution in [3.63, 3.8) is 0 Å². The number of rotatable bonds is 5. The molecular formula is C19H27N5OS. The molecule has 0 spiro atoms. The van der Waals surface area contributed by atoms with E-state index in [4.69, 9.17) is 0 Å². The number of tetrazole rings is 1. The number of nitrogens with zero attached hydrogens (tertiary/aromatic N) is 4. The quantitative estimate of drug-likeness (QED) is 0.813. The Balaban J connectivity index is 1.65. The number of aryl methyl sites for hydroxylation is 1. The van der Waals surface area contributed by atoms with Gasteiger partial charge in [-0.25, -0.2) is 0 Å². The van der Waals surface area contributed by atoms with Crippen LogP contribution in [0, 0.1) is 18.8 Å². The lowest BCUT2D eigenvalue weighted by Gasteiger charge is -2.35. The fourth-order valence-electron chi connectivity index (χ4n) is 3.40. The smallest absolute Gasteiger partial charge is 0.233 e. The van der Waals surface area contributed by atoms with Crippen molar-refractivity contribution in [1.29, 1.82) is 0 Å². The molecule has 0 unspecified atom stereocenters. The lowest BCUT2D eigenvalue weighted by atomic mass is 9.78. The molecule has 140 valence electrons. The maximum Gasteiger partial charge on any atom is 0.233 e. The van der Waals surface area contributed by atoms with Crippen LogP contribution in [-0.4, -0.2) is 37.4 Å². The van der Waals surface area contributed by atoms with Crippen LogP contribution in [0.2, 0.25) is 0 Å². The highest BCUT2D eigenvalue weighted by Crippen LogP contribution is 2.30. The molecule has 1 aliphatic rings. The van der Waals surface area contributed by atoms with Crippen molar-refractivity contribution in [1.82, 2.24) is 25.5 Å². The van der Waals surface area contributed by atoms with Crippen LogP contribution < -0.4 is 5.32 Å². The summed E-state index contributed by atoms with van der Waals surface area (Å²) in [6.07, 6.45) is 3.50. The van der Waals surface area contributed by atoms with Crippen LogP contribution in [0.15, 0.2) is 29.4 Å². The molecule has 1 heterocycles. The van der Waals surface area contributed by atoms with Crippen LogP contribution in [0.5, 0.6) is 0 Å². The van der Waals surface area contributed by atoms with Gasteiger partial charge < -0.3 is 5.32 Å². The second kappa shape index (κ2) is 8.20. The minimum atomic E-state index is -0.255. The molecule has 1 fully saturated rings. The number of nitrogens with one attached hydrogen (secondary N) is 1. The largest absolute Gasteiger partial charge is 0.352 e. The number of thioether (sulfide) groups is 1. The van der Waals surface area contributed by atoms with Gasteiger partial charge >= 0.3 is 0 Å². The van der Waals surface area contributed by atoms with E-state index < -0.39 is 0 Å². The monoisotopic (exact) mass is 373 g/mol. The van der Waals surface area contributed by atoms with E-state index in [1.54, 1.807) is 4.68 Å². The number of amides is 1. The molecule has 1 aromatic heterocycles. The molecule has 26 heavy (non-hydrogen) atoms. The number of carbonyl (C=O) groups is 1. The highest BCUT2D eigenvalue weighted by molar-refractivity contribution is 8.00. The van der Waals surface area contributed by atoms with Crippen LogP contribution in [0.4, 0.5) is 0 Å². The van der Waals surface area contributed by atoms with E-state index in [1.807, 2.05) is 38.1 Å². The van der Waals surface area contributed by atoms with Gasteiger partial charge in [0.15, 0.2) is 0 Å². The Hall–Kier alpha value is -1.89. The molecule has 6 nitrogen and oxygen atoms in total. The zero-order valence-corrected chi connectivity index (χ0v) is 16.7. The Labute approximate surface area is 159 Å². The van der Waals surface area contributed by atoms with E-state index in [1.165, 1.54) is 30.2 Å². The number of aromatic nitrogens is 4. The van der Waals surface area contributed by atoms with Gasteiger partial charge in [-0.15, -0.1) is 5.10 Å². The summed E-state index contributed by atoms with van der Waals surface area (Å²) in [5.74, 6) is 1.23. The van der Waals surface area contributed by atoms with E-state index in [0.29, 0.717) is 17.0 Å². The van der Waals surface area contributed by atoms with Gasteiger partial charge in [-0.05, 0) is 54.7 Å². The van der Waals surface area contributed by atoms with Crippen LogP contribution in [0.25, 0.3) is 5.69 Å². The summed E-state index contributed by atoms with van der Waals surface area (Å²) in [7, 11) is 0. The average molecular weight is 374 g/mol. The molecule has 0 saturated heterocycles. The molecule has 1 amide bonds. The van der Waals surface area contributed by atoms with Crippen LogP contribution in [0.1, 0.15) is 45.6 Å². The molecule has 1 saturated carbocycles. The second-order valence-electron chi connectivity index (χ2n) is 7.35. The third kappa shape index (κ3) is 4.26. The molecule has 0 bridgehead atoms. The predicted molar refractivity (Wildman–Crippen MR) is 103 cm³/mol. The first kappa shape index (κ1) is 18.9. The number of carbonyl (C=O) groups excluding carboxylic acids is 1. The third-order valence-corrected chi connectivity index (χ3v) is 6.44. The average Bonchev–Trinajstić information content (AvgIpc) is 3.07. The van der Waals surface area contributed by atoms with Crippen LogP contribution >= 0.6 is 11.8 Å². The summed E-state index contributed by atoms with van der Waals surface area (Å²) in [5.41, 5.74) is 2.07. The van der Waals surface area contributed by atoms with Gasteiger partial charge in [0, 0.05) is 6.04 Å². The Morgan fingerprint density at radius 2 is 2.00 bits per heavy atom. The normalized spacial score (nSPS) is 24.2. The number of hydrogen-bond donors (Lipinski definition) is 1. The van der Waals surface area contributed by atoms with E-state index in [2.05, 4.69) is 34.7 Å². The summed E-state index contributed by atoms with van der Waals surface area (Å²) >= 11 is 1.39. The van der Waals surface area contributed by atoms with Crippen molar-refractivity contribution < 1.29 is 4.79 Å². The Kier molecular flexibility index (Phi) is 5.96. The first-order valence-electron chi connectivity index (χ1n) is 9.28. The molecule has 2 aromatic rings. The third-order valence-electron chi connectivity index (χ3n) is 5.41. The molecule has 0 aliphatic heterocycles. The summed E-state index contributed by atoms with van der Waals surface area (Å²) in [6, 6.07) is 8.26. The molecule has 0 radical (unpaired) electrons. The first-order chi connectivity index (χ1) is 12.5. The fraction of sp³-hybridized carbons (Fsp3) is 0.579.